The van der Waals surface area contributed by atoms with E-state index < -0.39 is 0 Å². The first-order valence-electron chi connectivity index (χ1n) is 9.39. The van der Waals surface area contributed by atoms with Crippen LogP contribution in [0.25, 0.3) is 20.8 Å². The fourth-order valence-electron chi connectivity index (χ4n) is 3.75. The van der Waals surface area contributed by atoms with Crippen molar-refractivity contribution in [2.75, 3.05) is 0 Å². The minimum absolute atomic E-state index is 0.0285. The Kier molecular flexibility index (Phi) is 4.56. The molecule has 0 radical (unpaired) electrons. The lowest BCUT2D eigenvalue weighted by molar-refractivity contribution is 0.628. The molecule has 142 valence electrons. The predicted molar refractivity (Wildman–Crippen MR) is 112 cm³/mol. The van der Waals surface area contributed by atoms with Crippen LogP contribution >= 0.6 is 22.7 Å². The van der Waals surface area contributed by atoms with Gasteiger partial charge in [-0.15, -0.1) is 22.7 Å². The van der Waals surface area contributed by atoms with Crippen molar-refractivity contribution in [3.8, 4) is 10.6 Å². The average molecular weight is 412 g/mol. The molecule has 0 saturated carbocycles. The molecule has 0 N–H and O–H groups in total. The van der Waals surface area contributed by atoms with Gasteiger partial charge in [0, 0.05) is 15.8 Å². The summed E-state index contributed by atoms with van der Waals surface area (Å²) in [6.45, 7) is 0.393. The van der Waals surface area contributed by atoms with E-state index in [4.69, 9.17) is 0 Å². The van der Waals surface area contributed by atoms with E-state index in [1.54, 1.807) is 34.4 Å². The zero-order chi connectivity index (χ0) is 19.1. The molecule has 1 aromatic carbocycles. The highest BCUT2D eigenvalue weighted by atomic mass is 32.1. The summed E-state index contributed by atoms with van der Waals surface area (Å²) in [4.78, 5) is 24.5. The minimum Gasteiger partial charge on any atom is -0.293 e. The smallest absolute Gasteiger partial charge is 0.262 e. The molecule has 3 heterocycles. The van der Waals surface area contributed by atoms with Crippen LogP contribution in [-0.4, -0.2) is 14.5 Å². The van der Waals surface area contributed by atoms with Crippen LogP contribution in [0.2, 0.25) is 0 Å². The molecular formula is C21H18FN3OS2. The zero-order valence-corrected chi connectivity index (χ0v) is 16.8. The number of aromatic nitrogens is 3. The van der Waals surface area contributed by atoms with Crippen molar-refractivity contribution in [3.63, 3.8) is 0 Å². The molecule has 0 fully saturated rings. The minimum atomic E-state index is -0.263. The van der Waals surface area contributed by atoms with Crippen molar-refractivity contribution < 1.29 is 4.39 Å². The molecule has 4 nitrogen and oxygen atoms in total. The summed E-state index contributed by atoms with van der Waals surface area (Å²) in [5.41, 5.74) is 2.94. The molecule has 0 spiro atoms. The second kappa shape index (κ2) is 7.22. The molecular weight excluding hydrogens is 393 g/mol. The molecule has 0 saturated heterocycles. The normalized spacial score (nSPS) is 14.2. The molecule has 0 amide bonds. The first kappa shape index (κ1) is 17.7. The third kappa shape index (κ3) is 3.18. The van der Waals surface area contributed by atoms with E-state index in [2.05, 4.69) is 9.97 Å². The molecule has 7 heteroatoms. The van der Waals surface area contributed by atoms with Crippen molar-refractivity contribution in [1.82, 2.24) is 14.5 Å². The van der Waals surface area contributed by atoms with Crippen LogP contribution < -0.4 is 5.56 Å². The molecule has 0 atom stereocenters. The third-order valence-electron chi connectivity index (χ3n) is 5.17. The molecule has 28 heavy (non-hydrogen) atoms. The molecule has 0 bridgehead atoms. The van der Waals surface area contributed by atoms with Crippen LogP contribution in [0.4, 0.5) is 4.39 Å². The average Bonchev–Trinajstić information content (AvgIpc) is 3.23. The molecule has 3 aromatic heterocycles. The zero-order valence-electron chi connectivity index (χ0n) is 15.2. The number of rotatable bonds is 3. The van der Waals surface area contributed by atoms with Gasteiger partial charge in [-0.2, -0.15) is 0 Å². The number of halogens is 1. The predicted octanol–water partition coefficient (Wildman–Crippen LogP) is 5.04. The van der Waals surface area contributed by atoms with Gasteiger partial charge in [-0.25, -0.2) is 14.4 Å². The summed E-state index contributed by atoms with van der Waals surface area (Å²) in [5.74, 6) is -0.263. The summed E-state index contributed by atoms with van der Waals surface area (Å²) in [7, 11) is 0. The summed E-state index contributed by atoms with van der Waals surface area (Å²) >= 11 is 3.17. The quantitative estimate of drug-likeness (QED) is 0.444. The fourth-order valence-corrected chi connectivity index (χ4v) is 5.79. The maximum absolute atomic E-state index is 13.2. The topological polar surface area (TPSA) is 47.8 Å². The van der Waals surface area contributed by atoms with Gasteiger partial charge in [0.25, 0.3) is 5.56 Å². The number of benzene rings is 1. The van der Waals surface area contributed by atoms with Gasteiger partial charge < -0.3 is 0 Å². The lowest BCUT2D eigenvalue weighted by Crippen LogP contribution is -2.21. The van der Waals surface area contributed by atoms with E-state index >= 15 is 0 Å². The van der Waals surface area contributed by atoms with Gasteiger partial charge in [-0.3, -0.25) is 9.36 Å². The number of hydrogen-bond acceptors (Lipinski definition) is 5. The number of nitrogens with zero attached hydrogens (tertiary/aromatic N) is 3. The second-order valence-electron chi connectivity index (χ2n) is 7.07. The number of hydrogen-bond donors (Lipinski definition) is 0. The van der Waals surface area contributed by atoms with Gasteiger partial charge in [0.05, 0.1) is 24.0 Å². The lowest BCUT2D eigenvalue weighted by Gasteiger charge is -2.04. The first-order valence-corrected chi connectivity index (χ1v) is 11.1. The highest BCUT2D eigenvalue weighted by molar-refractivity contribution is 7.18. The largest absolute Gasteiger partial charge is 0.293 e. The number of fused-ring (bicyclic) bond motifs is 3. The van der Waals surface area contributed by atoms with Crippen molar-refractivity contribution >= 4 is 32.9 Å². The molecule has 5 rings (SSSR count). The second-order valence-corrected chi connectivity index (χ2v) is 9.01. The van der Waals surface area contributed by atoms with Crippen LogP contribution in [-0.2, 0) is 19.4 Å². The first-order chi connectivity index (χ1) is 13.7. The van der Waals surface area contributed by atoms with Crippen molar-refractivity contribution in [2.24, 2.45) is 0 Å². The van der Waals surface area contributed by atoms with Gasteiger partial charge in [0.15, 0.2) is 0 Å². The van der Waals surface area contributed by atoms with Gasteiger partial charge in [0.1, 0.15) is 15.7 Å². The Bertz CT molecular complexity index is 1210. The Labute approximate surface area is 169 Å². The van der Waals surface area contributed by atoms with Gasteiger partial charge in [-0.05, 0) is 55.5 Å². The van der Waals surface area contributed by atoms with Crippen molar-refractivity contribution in [2.45, 2.75) is 38.6 Å². The van der Waals surface area contributed by atoms with E-state index in [1.165, 1.54) is 46.8 Å². The summed E-state index contributed by atoms with van der Waals surface area (Å²) < 4.78 is 14.8. The summed E-state index contributed by atoms with van der Waals surface area (Å²) in [6, 6.07) is 6.30. The summed E-state index contributed by atoms with van der Waals surface area (Å²) in [6.07, 6.45) is 7.23. The number of thiophene rings is 1. The molecule has 0 unspecified atom stereocenters. The lowest BCUT2D eigenvalue weighted by atomic mass is 10.1. The highest BCUT2D eigenvalue weighted by Gasteiger charge is 2.19. The Morgan fingerprint density at radius 2 is 1.93 bits per heavy atom. The Hall–Kier alpha value is -2.38. The molecule has 4 aromatic rings. The van der Waals surface area contributed by atoms with Crippen molar-refractivity contribution in [3.05, 3.63) is 68.3 Å². The van der Waals surface area contributed by atoms with Crippen LogP contribution in [0, 0.1) is 5.82 Å². The van der Waals surface area contributed by atoms with E-state index in [0.717, 1.165) is 45.7 Å². The number of aryl methyl sites for hydroxylation is 2. The summed E-state index contributed by atoms with van der Waals surface area (Å²) in [5, 5.41) is 3.57. The van der Waals surface area contributed by atoms with Crippen LogP contribution in [0.5, 0.6) is 0 Å². The molecule has 1 aliphatic carbocycles. The Balaban J connectivity index is 1.49. The van der Waals surface area contributed by atoms with Gasteiger partial charge >= 0.3 is 0 Å². The third-order valence-corrected chi connectivity index (χ3v) is 7.31. The SMILES string of the molecule is O=c1c2c3c(sc2ncn1Cc1csc(-c2ccc(F)cc2)n1)CCCCC3. The van der Waals surface area contributed by atoms with Crippen LogP contribution in [0.1, 0.15) is 35.4 Å². The van der Waals surface area contributed by atoms with E-state index in [0.29, 0.717) is 6.54 Å². The maximum Gasteiger partial charge on any atom is 0.262 e. The van der Waals surface area contributed by atoms with E-state index in [1.807, 2.05) is 5.38 Å². The fraction of sp³-hybridized carbons (Fsp3) is 0.286. The van der Waals surface area contributed by atoms with Crippen LogP contribution in [0.15, 0.2) is 40.8 Å². The maximum atomic E-state index is 13.2. The standard InChI is InChI=1S/C21H18FN3OS2/c22-14-8-6-13(7-9-14)19-24-15(11-27-19)10-25-12-23-20-18(21(25)26)16-4-2-1-3-5-17(16)28-20/h6-9,11-12H,1-5,10H2. The Morgan fingerprint density at radius 3 is 2.79 bits per heavy atom. The number of thiazole rings is 1. The van der Waals surface area contributed by atoms with Crippen molar-refractivity contribution in [1.29, 1.82) is 0 Å². The van der Waals surface area contributed by atoms with E-state index in [-0.39, 0.29) is 11.4 Å². The van der Waals surface area contributed by atoms with Crippen LogP contribution in [0.3, 0.4) is 0 Å². The van der Waals surface area contributed by atoms with Gasteiger partial charge in [-0.1, -0.05) is 6.42 Å². The monoisotopic (exact) mass is 411 g/mol. The van der Waals surface area contributed by atoms with Gasteiger partial charge in [0.2, 0.25) is 0 Å². The molecule has 0 aliphatic heterocycles. The van der Waals surface area contributed by atoms with E-state index in [9.17, 15) is 9.18 Å². The molecule has 1 aliphatic rings. The Morgan fingerprint density at radius 1 is 1.11 bits per heavy atom. The highest BCUT2D eigenvalue weighted by Crippen LogP contribution is 2.32.